The van der Waals surface area contributed by atoms with Crippen LogP contribution in [-0.2, 0) is 0 Å². The van der Waals surface area contributed by atoms with Gasteiger partial charge in [0.25, 0.3) is 0 Å². The van der Waals surface area contributed by atoms with Crippen molar-refractivity contribution in [2.45, 2.75) is 33.2 Å². The second-order valence-corrected chi connectivity index (χ2v) is 2.78. The van der Waals surface area contributed by atoms with Gasteiger partial charge in [-0.05, 0) is 12.3 Å². The highest BCUT2D eigenvalue weighted by molar-refractivity contribution is 7.78. The van der Waals surface area contributed by atoms with E-state index >= 15 is 0 Å². The van der Waals surface area contributed by atoms with E-state index in [-0.39, 0.29) is 0 Å². The quantitative estimate of drug-likeness (QED) is 0.607. The maximum absolute atomic E-state index is 4.68. The van der Waals surface area contributed by atoms with Crippen LogP contribution in [0, 0.1) is 5.92 Å². The van der Waals surface area contributed by atoms with Crippen LogP contribution in [0.5, 0.6) is 0 Å². The Labute approximate surface area is 62.8 Å². The zero-order chi connectivity index (χ0) is 7.28. The molecule has 0 rings (SSSR count). The second-order valence-electron chi connectivity index (χ2n) is 2.54. The van der Waals surface area contributed by atoms with Crippen LogP contribution >= 0.6 is 12.2 Å². The molecule has 9 heavy (non-hydrogen) atoms. The summed E-state index contributed by atoms with van der Waals surface area (Å²) >= 11 is 4.68. The van der Waals surface area contributed by atoms with Gasteiger partial charge in [-0.1, -0.05) is 33.0 Å². The maximum Gasteiger partial charge on any atom is 0.0617 e. The van der Waals surface area contributed by atoms with Crippen molar-refractivity contribution in [1.82, 2.24) is 5.32 Å². The van der Waals surface area contributed by atoms with Crippen molar-refractivity contribution in [1.29, 1.82) is 0 Å². The van der Waals surface area contributed by atoms with Gasteiger partial charge in [0.15, 0.2) is 0 Å². The lowest BCUT2D eigenvalue weighted by molar-refractivity contribution is 0.447. The molecule has 0 fully saturated rings. The monoisotopic (exact) mass is 145 g/mol. The molecule has 1 unspecified atom stereocenters. The lowest BCUT2D eigenvalue weighted by Gasteiger charge is -2.17. The van der Waals surface area contributed by atoms with Crippen LogP contribution in [0.2, 0.25) is 0 Å². The van der Waals surface area contributed by atoms with E-state index in [2.05, 4.69) is 38.3 Å². The van der Waals surface area contributed by atoms with E-state index in [1.807, 2.05) is 0 Å². The van der Waals surface area contributed by atoms with Gasteiger partial charge in [-0.3, -0.25) is 0 Å². The molecule has 0 spiro atoms. The molecule has 0 saturated carbocycles. The molecule has 0 radical (unpaired) electrons. The number of nitrogens with one attached hydrogen (secondary N) is 1. The molecule has 0 aromatic rings. The first-order valence-corrected chi connectivity index (χ1v) is 3.89. The summed E-state index contributed by atoms with van der Waals surface area (Å²) in [5.74, 6) is 0.675. The summed E-state index contributed by atoms with van der Waals surface area (Å²) < 4.78 is 0. The van der Waals surface area contributed by atoms with Gasteiger partial charge in [0.05, 0.1) is 5.49 Å². The van der Waals surface area contributed by atoms with Gasteiger partial charge in [-0.25, -0.2) is 0 Å². The summed E-state index contributed by atoms with van der Waals surface area (Å²) in [5.41, 5.74) is 1.61. The topological polar surface area (TPSA) is 12.0 Å². The lowest BCUT2D eigenvalue weighted by atomic mass is 10.0. The number of rotatable bonds is 4. The molecule has 1 nitrogen and oxygen atoms in total. The molecule has 0 bridgehead atoms. The molecular formula is C7H15NS. The first-order valence-electron chi connectivity index (χ1n) is 3.42. The van der Waals surface area contributed by atoms with E-state index in [1.165, 1.54) is 0 Å². The highest BCUT2D eigenvalue weighted by Gasteiger charge is 2.06. The summed E-state index contributed by atoms with van der Waals surface area (Å²) in [5, 5.41) is 3.12. The van der Waals surface area contributed by atoms with E-state index in [9.17, 15) is 0 Å². The van der Waals surface area contributed by atoms with Gasteiger partial charge in [-0.2, -0.15) is 0 Å². The van der Waals surface area contributed by atoms with Gasteiger partial charge in [0, 0.05) is 6.04 Å². The van der Waals surface area contributed by atoms with Crippen molar-refractivity contribution >= 4 is 17.7 Å². The lowest BCUT2D eigenvalue weighted by Crippen LogP contribution is -2.31. The third kappa shape index (κ3) is 3.46. The van der Waals surface area contributed by atoms with E-state index in [4.69, 9.17) is 0 Å². The van der Waals surface area contributed by atoms with Crippen LogP contribution in [0.4, 0.5) is 0 Å². The Balaban J connectivity index is 3.53. The molecule has 54 valence electrons. The predicted octanol–water partition coefficient (Wildman–Crippen LogP) is 1.97. The van der Waals surface area contributed by atoms with Gasteiger partial charge in [-0.15, -0.1) is 0 Å². The van der Waals surface area contributed by atoms with Gasteiger partial charge >= 0.3 is 0 Å². The summed E-state index contributed by atoms with van der Waals surface area (Å²) in [6.07, 6.45) is 1.14. The molecule has 0 aliphatic rings. The summed E-state index contributed by atoms with van der Waals surface area (Å²) in [6.45, 7) is 6.55. The Morgan fingerprint density at radius 1 is 1.56 bits per heavy atom. The number of hydrogen-bond donors (Lipinski definition) is 1. The Hall–Kier alpha value is -0.110. The van der Waals surface area contributed by atoms with E-state index in [0.717, 1.165) is 6.42 Å². The molecule has 0 aromatic carbocycles. The van der Waals surface area contributed by atoms with Crippen LogP contribution in [0.25, 0.3) is 0 Å². The third-order valence-corrected chi connectivity index (χ3v) is 1.66. The number of thiocarbonyl (C=S) groups is 1. The van der Waals surface area contributed by atoms with Crippen molar-refractivity contribution in [2.24, 2.45) is 5.92 Å². The highest BCUT2D eigenvalue weighted by Crippen LogP contribution is 2.03. The van der Waals surface area contributed by atoms with Gasteiger partial charge < -0.3 is 5.32 Å². The standard InChI is InChI=1S/C7H15NS/c1-4-7(6(2)3)8-5-9/h5-7H,4H2,1-3H3,(H,8,9). The van der Waals surface area contributed by atoms with Crippen LogP contribution in [0.1, 0.15) is 27.2 Å². The molecule has 0 heterocycles. The van der Waals surface area contributed by atoms with Crippen LogP contribution in [0.3, 0.4) is 0 Å². The van der Waals surface area contributed by atoms with Crippen molar-refractivity contribution in [3.05, 3.63) is 0 Å². The van der Waals surface area contributed by atoms with E-state index < -0.39 is 0 Å². The third-order valence-electron chi connectivity index (χ3n) is 1.53. The zero-order valence-corrected chi connectivity index (χ0v) is 7.16. The minimum Gasteiger partial charge on any atom is -0.379 e. The molecule has 0 aromatic heterocycles. The van der Waals surface area contributed by atoms with Crippen LogP contribution in [-0.4, -0.2) is 11.5 Å². The summed E-state index contributed by atoms with van der Waals surface area (Å²) in [4.78, 5) is 0. The Morgan fingerprint density at radius 2 is 2.11 bits per heavy atom. The van der Waals surface area contributed by atoms with Crippen molar-refractivity contribution in [3.63, 3.8) is 0 Å². The van der Waals surface area contributed by atoms with Crippen LogP contribution < -0.4 is 5.32 Å². The average molecular weight is 145 g/mol. The fourth-order valence-corrected chi connectivity index (χ4v) is 1.04. The second kappa shape index (κ2) is 4.74. The predicted molar refractivity (Wildman–Crippen MR) is 45.7 cm³/mol. The first kappa shape index (κ1) is 8.89. The largest absolute Gasteiger partial charge is 0.379 e. The number of hydrogen-bond acceptors (Lipinski definition) is 1. The van der Waals surface area contributed by atoms with Crippen LogP contribution in [0.15, 0.2) is 0 Å². The van der Waals surface area contributed by atoms with Gasteiger partial charge in [0.1, 0.15) is 0 Å². The molecule has 0 aliphatic heterocycles. The molecular weight excluding hydrogens is 130 g/mol. The summed E-state index contributed by atoms with van der Waals surface area (Å²) in [7, 11) is 0. The van der Waals surface area contributed by atoms with E-state index in [1.54, 1.807) is 5.49 Å². The zero-order valence-electron chi connectivity index (χ0n) is 6.35. The molecule has 0 amide bonds. The van der Waals surface area contributed by atoms with Gasteiger partial charge in [0.2, 0.25) is 0 Å². The molecule has 2 heteroatoms. The Kier molecular flexibility index (Phi) is 4.68. The maximum atomic E-state index is 4.68. The SMILES string of the molecule is CCC(NC=S)C(C)C. The van der Waals surface area contributed by atoms with Crippen molar-refractivity contribution in [2.75, 3.05) is 0 Å². The fourth-order valence-electron chi connectivity index (χ4n) is 0.869. The van der Waals surface area contributed by atoms with Crippen molar-refractivity contribution < 1.29 is 0 Å². The van der Waals surface area contributed by atoms with E-state index in [0.29, 0.717) is 12.0 Å². The molecule has 1 atom stereocenters. The molecule has 0 aliphatic carbocycles. The molecule has 1 N–H and O–H groups in total. The van der Waals surface area contributed by atoms with Crippen molar-refractivity contribution in [3.8, 4) is 0 Å². The Bertz CT molecular complexity index is 81.0. The molecule has 0 saturated heterocycles. The highest BCUT2D eigenvalue weighted by atomic mass is 32.1. The smallest absolute Gasteiger partial charge is 0.0617 e. The fraction of sp³-hybridized carbons (Fsp3) is 0.857. The Morgan fingerprint density at radius 3 is 2.22 bits per heavy atom. The minimum absolute atomic E-state index is 0.558. The normalized spacial score (nSPS) is 13.3. The first-order chi connectivity index (χ1) is 4.22. The minimum atomic E-state index is 0.558. The average Bonchev–Trinajstić information content (AvgIpc) is 1.82. The summed E-state index contributed by atoms with van der Waals surface area (Å²) in [6, 6.07) is 0.558.